The van der Waals surface area contributed by atoms with Gasteiger partial charge in [0.05, 0.1) is 18.5 Å². The molecular weight excluding hydrogens is 394 g/mol. The Labute approximate surface area is 184 Å². The maximum absolute atomic E-state index is 12.4. The van der Waals surface area contributed by atoms with Gasteiger partial charge < -0.3 is 29.7 Å². The summed E-state index contributed by atoms with van der Waals surface area (Å²) < 4.78 is 16.6. The topological polar surface area (TPSA) is 77.3 Å². The Morgan fingerprint density at radius 3 is 2.35 bits per heavy atom. The number of ether oxygens (including phenoxy) is 3. The monoisotopic (exact) mass is 427 g/mol. The fraction of sp³-hybridized carbons (Fsp3) is 0.458. The van der Waals surface area contributed by atoms with E-state index in [9.17, 15) is 4.79 Å². The number of nitrogen functional groups attached to an aromatic ring is 1. The lowest BCUT2D eigenvalue weighted by atomic mass is 10.1. The minimum atomic E-state index is -0.500. The second-order valence-corrected chi connectivity index (χ2v) is 8.83. The van der Waals surface area contributed by atoms with Gasteiger partial charge in [0.1, 0.15) is 23.7 Å². The second kappa shape index (κ2) is 9.37. The van der Waals surface area contributed by atoms with Crippen LogP contribution in [0, 0.1) is 0 Å². The van der Waals surface area contributed by atoms with Crippen molar-refractivity contribution in [1.82, 2.24) is 4.90 Å². The minimum absolute atomic E-state index is 0.0222. The van der Waals surface area contributed by atoms with Crippen LogP contribution in [0.3, 0.4) is 0 Å². The number of nitrogens with two attached hydrogens (primary N) is 1. The standard InChI is InChI=1S/C24H33N3O4/c1-17-15-26(12-13-27(17)23(28)31-24(2,3)4)22-11-10-20(14-21(22)25)30-16-18-6-8-19(29-5)9-7-18/h6-11,14,17H,12-13,15-16,25H2,1-5H3. The lowest BCUT2D eigenvalue weighted by Crippen LogP contribution is -2.55. The average molecular weight is 428 g/mol. The lowest BCUT2D eigenvalue weighted by Gasteiger charge is -2.41. The van der Waals surface area contributed by atoms with Crippen LogP contribution in [0.15, 0.2) is 42.5 Å². The second-order valence-electron chi connectivity index (χ2n) is 8.83. The first-order valence-corrected chi connectivity index (χ1v) is 10.6. The van der Waals surface area contributed by atoms with E-state index in [1.54, 1.807) is 12.0 Å². The molecule has 0 radical (unpaired) electrons. The molecule has 1 aliphatic rings. The summed E-state index contributed by atoms with van der Waals surface area (Å²) in [4.78, 5) is 16.4. The van der Waals surface area contributed by atoms with Gasteiger partial charge >= 0.3 is 6.09 Å². The zero-order valence-electron chi connectivity index (χ0n) is 19.1. The summed E-state index contributed by atoms with van der Waals surface area (Å²) in [6, 6.07) is 13.6. The van der Waals surface area contributed by atoms with Crippen molar-refractivity contribution in [2.24, 2.45) is 0 Å². The number of hydrogen-bond acceptors (Lipinski definition) is 6. The van der Waals surface area contributed by atoms with E-state index in [0.717, 1.165) is 22.7 Å². The predicted molar refractivity (Wildman–Crippen MR) is 123 cm³/mol. The number of rotatable bonds is 5. The van der Waals surface area contributed by atoms with Gasteiger partial charge in [0, 0.05) is 31.7 Å². The Morgan fingerprint density at radius 1 is 1.10 bits per heavy atom. The molecule has 0 aliphatic carbocycles. The predicted octanol–water partition coefficient (Wildman–Crippen LogP) is 4.30. The molecule has 1 atom stereocenters. The molecule has 1 unspecified atom stereocenters. The zero-order valence-corrected chi connectivity index (χ0v) is 19.1. The van der Waals surface area contributed by atoms with Gasteiger partial charge in [-0.1, -0.05) is 12.1 Å². The quantitative estimate of drug-likeness (QED) is 0.717. The molecule has 31 heavy (non-hydrogen) atoms. The van der Waals surface area contributed by atoms with Crippen molar-refractivity contribution in [3.05, 3.63) is 48.0 Å². The molecule has 0 saturated carbocycles. The van der Waals surface area contributed by atoms with Gasteiger partial charge in [-0.3, -0.25) is 0 Å². The van der Waals surface area contributed by atoms with Gasteiger partial charge in [-0.05, 0) is 57.5 Å². The van der Waals surface area contributed by atoms with Crippen LogP contribution < -0.4 is 20.1 Å². The molecule has 3 rings (SSSR count). The van der Waals surface area contributed by atoms with Crippen LogP contribution in [-0.2, 0) is 11.3 Å². The third kappa shape index (κ3) is 5.96. The number of methoxy groups -OCH3 is 1. The van der Waals surface area contributed by atoms with Gasteiger partial charge in [-0.15, -0.1) is 0 Å². The first kappa shape index (κ1) is 22.6. The molecular formula is C24H33N3O4. The highest BCUT2D eigenvalue weighted by Crippen LogP contribution is 2.30. The summed E-state index contributed by atoms with van der Waals surface area (Å²) in [5.41, 5.74) is 8.50. The van der Waals surface area contributed by atoms with E-state index in [1.807, 2.05) is 70.2 Å². The minimum Gasteiger partial charge on any atom is -0.497 e. The van der Waals surface area contributed by atoms with Crippen LogP contribution in [0.5, 0.6) is 11.5 Å². The summed E-state index contributed by atoms with van der Waals surface area (Å²) in [6.45, 7) is 10.1. The smallest absolute Gasteiger partial charge is 0.410 e. The number of hydrogen-bond donors (Lipinski definition) is 1. The molecule has 7 heteroatoms. The van der Waals surface area contributed by atoms with Gasteiger partial charge in [-0.2, -0.15) is 0 Å². The largest absolute Gasteiger partial charge is 0.497 e. The van der Waals surface area contributed by atoms with E-state index in [1.165, 1.54) is 0 Å². The molecule has 168 valence electrons. The van der Waals surface area contributed by atoms with E-state index in [0.29, 0.717) is 31.9 Å². The number of amides is 1. The van der Waals surface area contributed by atoms with Crippen LogP contribution in [0.4, 0.5) is 16.2 Å². The highest BCUT2D eigenvalue weighted by Gasteiger charge is 2.31. The maximum Gasteiger partial charge on any atom is 0.410 e. The van der Waals surface area contributed by atoms with Crippen LogP contribution in [0.2, 0.25) is 0 Å². The molecule has 0 aromatic heterocycles. The number of carbonyl (C=O) groups is 1. The molecule has 1 saturated heterocycles. The first-order valence-electron chi connectivity index (χ1n) is 10.6. The van der Waals surface area contributed by atoms with Crippen molar-refractivity contribution in [1.29, 1.82) is 0 Å². The van der Waals surface area contributed by atoms with Crippen LogP contribution in [0.1, 0.15) is 33.3 Å². The molecule has 2 aromatic rings. The highest BCUT2D eigenvalue weighted by molar-refractivity contribution is 5.72. The lowest BCUT2D eigenvalue weighted by molar-refractivity contribution is 0.0159. The highest BCUT2D eigenvalue weighted by atomic mass is 16.6. The molecule has 1 amide bonds. The first-order chi connectivity index (χ1) is 14.7. The van der Waals surface area contributed by atoms with Crippen LogP contribution in [-0.4, -0.2) is 49.4 Å². The molecule has 2 N–H and O–H groups in total. The number of nitrogens with zero attached hydrogens (tertiary/aromatic N) is 2. The van der Waals surface area contributed by atoms with Crippen LogP contribution >= 0.6 is 0 Å². The van der Waals surface area contributed by atoms with E-state index in [2.05, 4.69) is 4.90 Å². The molecule has 1 aliphatic heterocycles. The fourth-order valence-electron chi connectivity index (χ4n) is 3.57. The Morgan fingerprint density at radius 2 is 1.77 bits per heavy atom. The van der Waals surface area contributed by atoms with E-state index >= 15 is 0 Å². The number of benzene rings is 2. The SMILES string of the molecule is COc1ccc(COc2ccc(N3CCN(C(=O)OC(C)(C)C)C(C)C3)c(N)c2)cc1. The normalized spacial score (nSPS) is 16.7. The van der Waals surface area contributed by atoms with Gasteiger partial charge in [0.15, 0.2) is 0 Å². The molecule has 1 fully saturated rings. The summed E-state index contributed by atoms with van der Waals surface area (Å²) >= 11 is 0. The van der Waals surface area contributed by atoms with E-state index < -0.39 is 5.60 Å². The van der Waals surface area contributed by atoms with Gasteiger partial charge in [0.25, 0.3) is 0 Å². The maximum atomic E-state index is 12.4. The molecule has 1 heterocycles. The van der Waals surface area contributed by atoms with Crippen molar-refractivity contribution in [3.63, 3.8) is 0 Å². The number of anilines is 2. The molecule has 0 spiro atoms. The van der Waals surface area contributed by atoms with Crippen molar-refractivity contribution < 1.29 is 19.0 Å². The van der Waals surface area contributed by atoms with Crippen LogP contribution in [0.25, 0.3) is 0 Å². The summed E-state index contributed by atoms with van der Waals surface area (Å²) in [7, 11) is 1.65. The van der Waals surface area contributed by atoms with Gasteiger partial charge in [0.2, 0.25) is 0 Å². The van der Waals surface area contributed by atoms with E-state index in [-0.39, 0.29) is 12.1 Å². The van der Waals surface area contributed by atoms with Crippen molar-refractivity contribution in [2.45, 2.75) is 45.9 Å². The van der Waals surface area contributed by atoms with Crippen molar-refractivity contribution in [2.75, 3.05) is 37.4 Å². The van der Waals surface area contributed by atoms with Gasteiger partial charge in [-0.25, -0.2) is 4.79 Å². The summed E-state index contributed by atoms with van der Waals surface area (Å²) in [6.07, 6.45) is -0.269. The Kier molecular flexibility index (Phi) is 6.83. The fourth-order valence-corrected chi connectivity index (χ4v) is 3.57. The summed E-state index contributed by atoms with van der Waals surface area (Å²) in [5, 5.41) is 0. The Bertz CT molecular complexity index is 893. The number of piperazine rings is 1. The Hall–Kier alpha value is -3.09. The third-order valence-electron chi connectivity index (χ3n) is 5.16. The third-order valence-corrected chi connectivity index (χ3v) is 5.16. The molecule has 7 nitrogen and oxygen atoms in total. The van der Waals surface area contributed by atoms with Crippen molar-refractivity contribution >= 4 is 17.5 Å². The average Bonchev–Trinajstić information content (AvgIpc) is 2.71. The molecule has 2 aromatic carbocycles. The zero-order chi connectivity index (χ0) is 22.6. The molecule has 0 bridgehead atoms. The van der Waals surface area contributed by atoms with Crippen molar-refractivity contribution in [3.8, 4) is 11.5 Å². The Balaban J connectivity index is 1.59. The number of carbonyl (C=O) groups excluding carboxylic acids is 1. The summed E-state index contributed by atoms with van der Waals surface area (Å²) in [5.74, 6) is 1.54. The van der Waals surface area contributed by atoms with E-state index in [4.69, 9.17) is 19.9 Å².